The molecule has 5 heterocycles. The molecule has 0 aliphatic carbocycles. The topological polar surface area (TPSA) is 351 Å². The van der Waals surface area contributed by atoms with Gasteiger partial charge in [0.15, 0.2) is 32.1 Å². The van der Waals surface area contributed by atoms with Crippen LogP contribution in [0.25, 0.3) is 38.7 Å². The van der Waals surface area contributed by atoms with Gasteiger partial charge < -0.3 is 10.7 Å². The SMILES string of the molecule is Cc1nnc2c(Cl)nc3cc([N+](=O)[O-])ccc3n12.NNc1nc2ccc([N+](=O)[O-])cc2nc1Cl.O=C1Cc2ccc([N+](=O)[O-])cc2NC1=O.O=[N+]([O-])c1ccc2nc(Cl)c(Cl)nc2c1. The molecule has 0 spiro atoms. The second-order valence-corrected chi connectivity index (χ2v) is 14.0. The first kappa shape index (κ1) is 45.6. The Morgan fingerprint density at radius 2 is 1.08 bits per heavy atom. The number of amides is 1. The van der Waals surface area contributed by atoms with Gasteiger partial charge in [-0.15, -0.1) is 10.2 Å². The molecule has 4 N–H and O–H groups in total. The van der Waals surface area contributed by atoms with Crippen LogP contribution in [0.2, 0.25) is 20.6 Å². The van der Waals surface area contributed by atoms with Gasteiger partial charge in [0.2, 0.25) is 5.78 Å². The Morgan fingerprint density at radius 3 is 1.64 bits per heavy atom. The molecule has 1 aliphatic rings. The van der Waals surface area contributed by atoms with Crippen molar-refractivity contribution in [2.75, 3.05) is 10.7 Å². The highest BCUT2D eigenvalue weighted by molar-refractivity contribution is 6.42. The standard InChI is InChI=1S/C10H6ClN5O2.C9H6N2O4.C8H3Cl2N3O2.C8H6ClN5O2/c1-5-13-14-10-9(11)12-7-4-6(16(17)18)2-3-8(7)15(5)10;12-8-3-5-1-2-6(11(14)15)4-7(5)10-9(8)13;9-7-8(10)12-6-3-4(13(14)15)1-2-5(6)11-7;9-7-8(13-10)12-5-2-1-4(14(15)16)3-6(5)11-7/h2-4H,1H3;1-2,4H,3H2,(H,10,13);1-3H;1-3H,10H2,(H,12,13). The van der Waals surface area contributed by atoms with E-state index in [2.05, 4.69) is 45.9 Å². The fourth-order valence-corrected chi connectivity index (χ4v) is 6.25. The molecule has 64 heavy (non-hydrogen) atoms. The number of hydrazine groups is 1. The van der Waals surface area contributed by atoms with Crippen LogP contribution in [0, 0.1) is 47.4 Å². The molecule has 1 amide bonds. The summed E-state index contributed by atoms with van der Waals surface area (Å²) in [7, 11) is 0. The highest BCUT2D eigenvalue weighted by Gasteiger charge is 2.24. The highest BCUT2D eigenvalue weighted by Crippen LogP contribution is 2.28. The molecule has 0 radical (unpaired) electrons. The van der Waals surface area contributed by atoms with Crippen molar-refractivity contribution in [2.45, 2.75) is 13.3 Å². The number of nitrogen functional groups attached to an aromatic ring is 1. The third kappa shape index (κ3) is 10.0. The van der Waals surface area contributed by atoms with Crippen molar-refractivity contribution in [3.8, 4) is 0 Å². The Labute approximate surface area is 373 Å². The minimum atomic E-state index is -0.719. The number of carbonyl (C=O) groups excluding carboxylic acids is 2. The van der Waals surface area contributed by atoms with Gasteiger partial charge in [-0.25, -0.2) is 30.8 Å². The van der Waals surface area contributed by atoms with E-state index in [0.29, 0.717) is 55.8 Å². The Bertz CT molecular complexity index is 3270. The number of carbonyl (C=O) groups is 2. The lowest BCUT2D eigenvalue weighted by atomic mass is 10.0. The number of Topliss-reactive ketones (excluding diaryl/α,β-unsaturated/α-hetero) is 1. The van der Waals surface area contributed by atoms with Gasteiger partial charge in [-0.2, -0.15) is 0 Å². The van der Waals surface area contributed by atoms with E-state index in [-0.39, 0.29) is 55.6 Å². The van der Waals surface area contributed by atoms with Crippen molar-refractivity contribution in [2.24, 2.45) is 5.84 Å². The van der Waals surface area contributed by atoms with E-state index in [9.17, 15) is 50.0 Å². The lowest BCUT2D eigenvalue weighted by Gasteiger charge is -2.14. The van der Waals surface area contributed by atoms with Crippen molar-refractivity contribution in [1.29, 1.82) is 0 Å². The molecule has 324 valence electrons. The Hall–Kier alpha value is -7.97. The van der Waals surface area contributed by atoms with Crippen LogP contribution in [0.4, 0.5) is 34.3 Å². The number of hydrogen-bond donors (Lipinski definition) is 3. The molecule has 29 heteroatoms. The summed E-state index contributed by atoms with van der Waals surface area (Å²) in [5.41, 5.74) is 6.16. The lowest BCUT2D eigenvalue weighted by Crippen LogP contribution is -2.29. The lowest BCUT2D eigenvalue weighted by molar-refractivity contribution is -0.385. The molecular formula is C35H21Cl4N15O10. The molecule has 0 bridgehead atoms. The number of nitrogens with one attached hydrogen (secondary N) is 2. The smallest absolute Gasteiger partial charge is 0.292 e. The molecule has 25 nitrogen and oxygen atoms in total. The number of nitro benzene ring substituents is 4. The molecule has 9 rings (SSSR count). The fraction of sp³-hybridized carbons (Fsp3) is 0.0571. The van der Waals surface area contributed by atoms with E-state index < -0.39 is 31.4 Å². The summed E-state index contributed by atoms with van der Waals surface area (Å²) in [5, 5.41) is 52.7. The molecule has 4 aromatic carbocycles. The van der Waals surface area contributed by atoms with Gasteiger partial charge in [0.25, 0.3) is 28.7 Å². The molecule has 0 fully saturated rings. The number of hydrogen-bond acceptors (Lipinski definition) is 19. The van der Waals surface area contributed by atoms with Crippen LogP contribution in [0.5, 0.6) is 0 Å². The first-order chi connectivity index (χ1) is 30.3. The molecular weight excluding hydrogens is 932 g/mol. The molecule has 0 unspecified atom stereocenters. The van der Waals surface area contributed by atoms with Crippen LogP contribution in [0.3, 0.4) is 0 Å². The summed E-state index contributed by atoms with van der Waals surface area (Å²) < 4.78 is 1.72. The number of fused-ring (bicyclic) bond motifs is 6. The summed E-state index contributed by atoms with van der Waals surface area (Å²) in [6.07, 6.45) is -0.000832. The van der Waals surface area contributed by atoms with E-state index in [1.165, 1.54) is 66.7 Å². The summed E-state index contributed by atoms with van der Waals surface area (Å²) in [4.78, 5) is 82.1. The zero-order chi connectivity index (χ0) is 46.6. The zero-order valence-corrected chi connectivity index (χ0v) is 34.7. The zero-order valence-electron chi connectivity index (χ0n) is 31.7. The number of nitrogens with two attached hydrogens (primary N) is 1. The molecule has 0 atom stereocenters. The average molecular weight is 953 g/mol. The van der Waals surface area contributed by atoms with E-state index in [4.69, 9.17) is 52.2 Å². The predicted molar refractivity (Wildman–Crippen MR) is 230 cm³/mol. The third-order valence-corrected chi connectivity index (χ3v) is 9.67. The van der Waals surface area contributed by atoms with Gasteiger partial charge in [0, 0.05) is 55.0 Å². The second-order valence-electron chi connectivity index (χ2n) is 12.6. The largest absolute Gasteiger partial charge is 0.319 e. The van der Waals surface area contributed by atoms with Gasteiger partial charge in [-0.3, -0.25) is 54.4 Å². The van der Waals surface area contributed by atoms with Gasteiger partial charge >= 0.3 is 0 Å². The first-order valence-electron chi connectivity index (χ1n) is 17.3. The number of aromatic nitrogens is 8. The number of nitro groups is 4. The highest BCUT2D eigenvalue weighted by atomic mass is 35.5. The summed E-state index contributed by atoms with van der Waals surface area (Å²) in [5.74, 6) is 4.80. The van der Waals surface area contributed by atoms with Crippen LogP contribution in [0.15, 0.2) is 72.8 Å². The molecule has 4 aromatic heterocycles. The number of rotatable bonds is 5. The maximum atomic E-state index is 11.0. The van der Waals surface area contributed by atoms with Crippen molar-refractivity contribution < 1.29 is 29.3 Å². The Morgan fingerprint density at radius 1 is 0.609 bits per heavy atom. The summed E-state index contributed by atoms with van der Waals surface area (Å²) in [6.45, 7) is 1.77. The summed E-state index contributed by atoms with van der Waals surface area (Å²) >= 11 is 23.0. The Balaban J connectivity index is 0.000000142. The van der Waals surface area contributed by atoms with Crippen molar-refractivity contribution in [1.82, 2.24) is 39.5 Å². The first-order valence-corrected chi connectivity index (χ1v) is 18.8. The van der Waals surface area contributed by atoms with Crippen LogP contribution < -0.4 is 16.6 Å². The second kappa shape index (κ2) is 19.0. The maximum absolute atomic E-state index is 11.0. The average Bonchev–Trinajstić information content (AvgIpc) is 3.66. The molecule has 0 saturated carbocycles. The predicted octanol–water partition coefficient (Wildman–Crippen LogP) is 7.13. The minimum Gasteiger partial charge on any atom is -0.319 e. The van der Waals surface area contributed by atoms with E-state index in [1.807, 2.05) is 0 Å². The number of anilines is 2. The third-order valence-electron chi connectivity index (χ3n) is 8.53. The van der Waals surface area contributed by atoms with Crippen molar-refractivity contribution in [3.05, 3.63) is 145 Å². The maximum Gasteiger partial charge on any atom is 0.292 e. The van der Waals surface area contributed by atoms with Crippen molar-refractivity contribution >= 4 is 131 Å². The van der Waals surface area contributed by atoms with Gasteiger partial charge in [-0.1, -0.05) is 46.4 Å². The van der Waals surface area contributed by atoms with Gasteiger partial charge in [-0.05, 0) is 36.8 Å². The number of ketones is 1. The van der Waals surface area contributed by atoms with E-state index >= 15 is 0 Å². The molecule has 8 aromatic rings. The molecule has 1 aliphatic heterocycles. The van der Waals surface area contributed by atoms with E-state index in [1.54, 1.807) is 17.4 Å². The van der Waals surface area contributed by atoms with E-state index in [0.717, 1.165) is 0 Å². The summed E-state index contributed by atoms with van der Waals surface area (Å²) in [6, 6.07) is 16.7. The monoisotopic (exact) mass is 951 g/mol. The van der Waals surface area contributed by atoms with Crippen molar-refractivity contribution in [3.63, 3.8) is 0 Å². The fourth-order valence-electron chi connectivity index (χ4n) is 5.58. The number of nitrogens with zero attached hydrogens (tertiary/aromatic N) is 12. The van der Waals surface area contributed by atoms with Crippen LogP contribution in [-0.4, -0.2) is 70.9 Å². The number of halogens is 4. The number of aryl methyl sites for hydroxylation is 1. The quantitative estimate of drug-likeness (QED) is 0.0668. The number of non-ortho nitro benzene ring substituents is 4. The van der Waals surface area contributed by atoms with Gasteiger partial charge in [0.05, 0.1) is 58.5 Å². The number of benzene rings is 4. The minimum absolute atomic E-state index is 0.000832. The Kier molecular flexibility index (Phi) is 13.5. The van der Waals surface area contributed by atoms with Crippen LogP contribution >= 0.6 is 46.4 Å². The normalized spacial score (nSPS) is 11.6. The van der Waals surface area contributed by atoms with Crippen LogP contribution in [0.1, 0.15) is 11.4 Å². The van der Waals surface area contributed by atoms with Crippen LogP contribution in [-0.2, 0) is 16.0 Å². The molecule has 0 saturated heterocycles. The van der Waals surface area contributed by atoms with Gasteiger partial charge in [0.1, 0.15) is 5.82 Å².